The van der Waals surface area contributed by atoms with Crippen LogP contribution in [-0.2, 0) is 9.53 Å². The van der Waals surface area contributed by atoms with Gasteiger partial charge in [0.05, 0.1) is 4.92 Å². The van der Waals surface area contributed by atoms with Crippen LogP contribution in [0.25, 0.3) is 0 Å². The van der Waals surface area contributed by atoms with Gasteiger partial charge in [0.15, 0.2) is 6.10 Å². The molecule has 8 nitrogen and oxygen atoms in total. The van der Waals surface area contributed by atoms with Gasteiger partial charge < -0.3 is 15.6 Å². The van der Waals surface area contributed by atoms with Crippen molar-refractivity contribution in [2.75, 3.05) is 6.61 Å². The van der Waals surface area contributed by atoms with Crippen LogP contribution >= 0.6 is 0 Å². The number of hydrogen-bond acceptors (Lipinski definition) is 5. The number of rotatable bonds is 3. The highest BCUT2D eigenvalue weighted by atomic mass is 16.6. The number of nitrogens with two attached hydrogens (primary N) is 1. The number of nitrogens with zero attached hydrogens (tertiary/aromatic N) is 1. The number of primary amides is 1. The quantitative estimate of drug-likeness (QED) is 0.626. The lowest BCUT2D eigenvalue weighted by Crippen LogP contribution is -2.17. The van der Waals surface area contributed by atoms with E-state index in [0.717, 1.165) is 6.42 Å². The molecule has 20 heavy (non-hydrogen) atoms. The van der Waals surface area contributed by atoms with Gasteiger partial charge in [-0.05, 0) is 18.9 Å². The second-order valence-corrected chi connectivity index (χ2v) is 3.98. The molecule has 1 aromatic rings. The number of benzene rings is 1. The minimum absolute atomic E-state index is 0.0671. The Labute approximate surface area is 114 Å². The second kappa shape index (κ2) is 7.19. The van der Waals surface area contributed by atoms with Gasteiger partial charge in [0.25, 0.3) is 11.6 Å². The molecular formula is C12H14N2O6. The fourth-order valence-electron chi connectivity index (χ4n) is 1.61. The van der Waals surface area contributed by atoms with Crippen molar-refractivity contribution in [2.45, 2.75) is 18.9 Å². The number of carbonyl (C=O) groups is 2. The van der Waals surface area contributed by atoms with E-state index in [1.54, 1.807) is 0 Å². The van der Waals surface area contributed by atoms with Gasteiger partial charge in [-0.2, -0.15) is 0 Å². The van der Waals surface area contributed by atoms with Crippen molar-refractivity contribution >= 4 is 17.6 Å². The number of amides is 1. The topological polar surface area (TPSA) is 133 Å². The van der Waals surface area contributed by atoms with E-state index in [-0.39, 0.29) is 11.3 Å². The Balaban J connectivity index is 0.000000217. The van der Waals surface area contributed by atoms with Crippen LogP contribution in [0, 0.1) is 10.1 Å². The molecule has 1 atom stereocenters. The molecule has 108 valence electrons. The summed E-state index contributed by atoms with van der Waals surface area (Å²) in [6.45, 7) is 0.608. The summed E-state index contributed by atoms with van der Waals surface area (Å²) in [6, 6.07) is 5.55. The normalized spacial score (nSPS) is 16.9. The van der Waals surface area contributed by atoms with Gasteiger partial charge in [0.1, 0.15) is 5.56 Å². The molecule has 0 aliphatic carbocycles. The number of aliphatic carboxylic acids is 1. The zero-order valence-corrected chi connectivity index (χ0v) is 10.5. The minimum atomic E-state index is -0.831. The molecule has 0 spiro atoms. The number of carbonyl (C=O) groups excluding carboxylic acids is 1. The molecule has 3 N–H and O–H groups in total. The van der Waals surface area contributed by atoms with E-state index in [0.29, 0.717) is 13.0 Å². The minimum Gasteiger partial charge on any atom is -0.479 e. The molecule has 1 saturated heterocycles. The van der Waals surface area contributed by atoms with Crippen molar-refractivity contribution in [1.82, 2.24) is 0 Å². The first-order valence-electron chi connectivity index (χ1n) is 5.81. The van der Waals surface area contributed by atoms with E-state index >= 15 is 0 Å². The van der Waals surface area contributed by atoms with E-state index < -0.39 is 22.9 Å². The summed E-state index contributed by atoms with van der Waals surface area (Å²) in [5.41, 5.74) is 4.58. The average Bonchev–Trinajstić information content (AvgIpc) is 2.93. The molecule has 0 saturated carbocycles. The first kappa shape index (κ1) is 15.6. The first-order chi connectivity index (χ1) is 9.43. The van der Waals surface area contributed by atoms with Crippen molar-refractivity contribution in [3.8, 4) is 0 Å². The van der Waals surface area contributed by atoms with E-state index in [1.807, 2.05) is 0 Å². The van der Waals surface area contributed by atoms with Gasteiger partial charge in [-0.3, -0.25) is 14.9 Å². The predicted molar refractivity (Wildman–Crippen MR) is 68.2 cm³/mol. The summed E-state index contributed by atoms with van der Waals surface area (Å²) in [7, 11) is 0. The fraction of sp³-hybridized carbons (Fsp3) is 0.333. The van der Waals surface area contributed by atoms with Crippen LogP contribution in [-0.4, -0.2) is 34.6 Å². The van der Waals surface area contributed by atoms with Crippen LogP contribution in [0.1, 0.15) is 23.2 Å². The summed E-state index contributed by atoms with van der Waals surface area (Å²) < 4.78 is 4.81. The van der Waals surface area contributed by atoms with Gasteiger partial charge in [0.2, 0.25) is 0 Å². The lowest BCUT2D eigenvalue weighted by molar-refractivity contribution is -0.385. The van der Waals surface area contributed by atoms with Crippen molar-refractivity contribution < 1.29 is 24.4 Å². The van der Waals surface area contributed by atoms with E-state index in [1.165, 1.54) is 24.3 Å². The second-order valence-electron chi connectivity index (χ2n) is 3.98. The van der Waals surface area contributed by atoms with Crippen molar-refractivity contribution in [2.24, 2.45) is 5.73 Å². The summed E-state index contributed by atoms with van der Waals surface area (Å²) in [5.74, 6) is -1.62. The highest BCUT2D eigenvalue weighted by Gasteiger charge is 2.21. The number of nitro benzene ring substituents is 1. The Morgan fingerprint density at radius 3 is 2.40 bits per heavy atom. The molecule has 0 unspecified atom stereocenters. The molecule has 1 aromatic carbocycles. The monoisotopic (exact) mass is 282 g/mol. The predicted octanol–water partition coefficient (Wildman–Crippen LogP) is 0.944. The molecule has 0 aromatic heterocycles. The Hall–Kier alpha value is -2.48. The number of carboxylic acids is 1. The standard InChI is InChI=1S/C7H6N2O3.C5H8O3/c8-7(10)5-3-1-2-4-6(5)9(11)12;6-5(7)4-2-1-3-8-4/h1-4H,(H2,8,10);4H,1-3H2,(H,6,7)/t;4-/m.0/s1. The van der Waals surface area contributed by atoms with Crippen LogP contribution in [0.15, 0.2) is 24.3 Å². The van der Waals surface area contributed by atoms with Crippen LogP contribution in [0.2, 0.25) is 0 Å². The van der Waals surface area contributed by atoms with Crippen molar-refractivity contribution in [3.63, 3.8) is 0 Å². The van der Waals surface area contributed by atoms with Gasteiger partial charge in [-0.25, -0.2) is 4.79 Å². The third kappa shape index (κ3) is 4.32. The third-order valence-electron chi connectivity index (χ3n) is 2.57. The third-order valence-corrected chi connectivity index (χ3v) is 2.57. The van der Waals surface area contributed by atoms with Gasteiger partial charge >= 0.3 is 5.97 Å². The Morgan fingerprint density at radius 2 is 2.05 bits per heavy atom. The summed E-state index contributed by atoms with van der Waals surface area (Å²) in [4.78, 5) is 30.4. The smallest absolute Gasteiger partial charge is 0.332 e. The molecular weight excluding hydrogens is 268 g/mol. The molecule has 1 amide bonds. The zero-order chi connectivity index (χ0) is 15.1. The lowest BCUT2D eigenvalue weighted by atomic mass is 10.2. The Kier molecular flexibility index (Phi) is 5.60. The molecule has 0 radical (unpaired) electrons. The van der Waals surface area contributed by atoms with Crippen LogP contribution < -0.4 is 5.73 Å². The average molecular weight is 282 g/mol. The zero-order valence-electron chi connectivity index (χ0n) is 10.5. The van der Waals surface area contributed by atoms with Crippen LogP contribution in [0.3, 0.4) is 0 Å². The largest absolute Gasteiger partial charge is 0.479 e. The number of ether oxygens (including phenoxy) is 1. The summed E-state index contributed by atoms with van der Waals surface area (Å²) in [5, 5.41) is 18.6. The molecule has 2 rings (SSSR count). The fourth-order valence-corrected chi connectivity index (χ4v) is 1.61. The Morgan fingerprint density at radius 1 is 1.40 bits per heavy atom. The molecule has 1 aliphatic heterocycles. The van der Waals surface area contributed by atoms with E-state index in [2.05, 4.69) is 0 Å². The number of carboxylic acid groups (broad SMARTS) is 1. The highest BCUT2D eigenvalue weighted by Crippen LogP contribution is 2.16. The van der Waals surface area contributed by atoms with Crippen molar-refractivity contribution in [1.29, 1.82) is 0 Å². The summed E-state index contributed by atoms with van der Waals surface area (Å²) >= 11 is 0. The van der Waals surface area contributed by atoms with Gasteiger partial charge in [0, 0.05) is 12.7 Å². The molecule has 1 heterocycles. The molecule has 1 fully saturated rings. The van der Waals surface area contributed by atoms with Crippen LogP contribution in [0.4, 0.5) is 5.69 Å². The van der Waals surface area contributed by atoms with Gasteiger partial charge in [-0.15, -0.1) is 0 Å². The maximum Gasteiger partial charge on any atom is 0.332 e. The van der Waals surface area contributed by atoms with Crippen LogP contribution in [0.5, 0.6) is 0 Å². The number of hydrogen-bond donors (Lipinski definition) is 2. The summed E-state index contributed by atoms with van der Waals surface area (Å²) in [6.07, 6.45) is 1.04. The van der Waals surface area contributed by atoms with Crippen molar-refractivity contribution in [3.05, 3.63) is 39.9 Å². The number of para-hydroxylation sites is 1. The molecule has 1 aliphatic rings. The Bertz CT molecular complexity index is 477. The maximum atomic E-state index is 10.6. The van der Waals surface area contributed by atoms with E-state index in [9.17, 15) is 19.7 Å². The molecule has 0 bridgehead atoms. The first-order valence-corrected chi connectivity index (χ1v) is 5.81. The SMILES string of the molecule is NC(=O)c1ccccc1[N+](=O)[O-].O=C(O)[C@@H]1CCCO1. The van der Waals surface area contributed by atoms with Gasteiger partial charge in [-0.1, -0.05) is 12.1 Å². The lowest BCUT2D eigenvalue weighted by Gasteiger charge is -1.98. The highest BCUT2D eigenvalue weighted by molar-refractivity contribution is 5.96. The number of nitro groups is 1. The molecule has 8 heteroatoms. The van der Waals surface area contributed by atoms with E-state index in [4.69, 9.17) is 15.6 Å². The maximum absolute atomic E-state index is 10.6.